The fourth-order valence-corrected chi connectivity index (χ4v) is 1.53. The van der Waals surface area contributed by atoms with Gasteiger partial charge in [0, 0.05) is 12.1 Å². The van der Waals surface area contributed by atoms with Crippen molar-refractivity contribution in [3.8, 4) is 5.75 Å². The SMILES string of the molecule is CCNC(CO)CCOc1ccc(C)c(F)c1. The van der Waals surface area contributed by atoms with E-state index in [0.717, 1.165) is 6.54 Å². The van der Waals surface area contributed by atoms with Crippen molar-refractivity contribution in [2.75, 3.05) is 19.8 Å². The van der Waals surface area contributed by atoms with Gasteiger partial charge < -0.3 is 15.2 Å². The van der Waals surface area contributed by atoms with Crippen molar-refractivity contribution in [2.45, 2.75) is 26.3 Å². The molecule has 17 heavy (non-hydrogen) atoms. The lowest BCUT2D eigenvalue weighted by atomic mass is 10.2. The lowest BCUT2D eigenvalue weighted by Gasteiger charge is -2.15. The van der Waals surface area contributed by atoms with E-state index < -0.39 is 0 Å². The molecule has 1 aromatic rings. The molecular weight excluding hydrogens is 221 g/mol. The van der Waals surface area contributed by atoms with E-state index in [0.29, 0.717) is 24.3 Å². The smallest absolute Gasteiger partial charge is 0.129 e. The molecule has 0 aliphatic heterocycles. The van der Waals surface area contributed by atoms with Crippen molar-refractivity contribution in [2.24, 2.45) is 0 Å². The van der Waals surface area contributed by atoms with Gasteiger partial charge in [0.2, 0.25) is 0 Å². The van der Waals surface area contributed by atoms with Crippen molar-refractivity contribution < 1.29 is 14.2 Å². The summed E-state index contributed by atoms with van der Waals surface area (Å²) in [6.07, 6.45) is 0.694. The third-order valence-electron chi connectivity index (χ3n) is 2.59. The maximum absolute atomic E-state index is 13.2. The van der Waals surface area contributed by atoms with Gasteiger partial charge in [-0.2, -0.15) is 0 Å². The second-order valence-electron chi connectivity index (χ2n) is 3.99. The Bertz CT molecular complexity index is 344. The molecule has 2 N–H and O–H groups in total. The second kappa shape index (κ2) is 7.25. The molecule has 0 saturated heterocycles. The van der Waals surface area contributed by atoms with Gasteiger partial charge in [-0.3, -0.25) is 0 Å². The van der Waals surface area contributed by atoms with Crippen LogP contribution in [0.4, 0.5) is 4.39 Å². The van der Waals surface area contributed by atoms with Gasteiger partial charge in [-0.1, -0.05) is 13.0 Å². The van der Waals surface area contributed by atoms with Crippen molar-refractivity contribution in [1.29, 1.82) is 0 Å². The zero-order valence-electron chi connectivity index (χ0n) is 10.4. The van der Waals surface area contributed by atoms with E-state index in [9.17, 15) is 4.39 Å². The highest BCUT2D eigenvalue weighted by atomic mass is 19.1. The summed E-state index contributed by atoms with van der Waals surface area (Å²) < 4.78 is 18.6. The molecule has 1 atom stereocenters. The molecule has 0 saturated carbocycles. The Balaban J connectivity index is 2.37. The lowest BCUT2D eigenvalue weighted by Crippen LogP contribution is -2.33. The van der Waals surface area contributed by atoms with Crippen LogP contribution in [-0.2, 0) is 0 Å². The quantitative estimate of drug-likeness (QED) is 0.765. The Morgan fingerprint density at radius 1 is 1.47 bits per heavy atom. The molecule has 3 nitrogen and oxygen atoms in total. The second-order valence-corrected chi connectivity index (χ2v) is 3.99. The lowest BCUT2D eigenvalue weighted by molar-refractivity contribution is 0.210. The van der Waals surface area contributed by atoms with E-state index in [2.05, 4.69) is 5.32 Å². The third kappa shape index (κ3) is 4.71. The average Bonchev–Trinajstić information content (AvgIpc) is 2.32. The fourth-order valence-electron chi connectivity index (χ4n) is 1.53. The Kier molecular flexibility index (Phi) is 5.94. The molecule has 0 bridgehead atoms. The molecule has 4 heteroatoms. The number of aliphatic hydroxyl groups excluding tert-OH is 1. The maximum atomic E-state index is 13.2. The summed E-state index contributed by atoms with van der Waals surface area (Å²) in [5, 5.41) is 12.2. The third-order valence-corrected chi connectivity index (χ3v) is 2.59. The van der Waals surface area contributed by atoms with Crippen LogP contribution in [0.2, 0.25) is 0 Å². The van der Waals surface area contributed by atoms with E-state index in [1.807, 2.05) is 6.92 Å². The molecule has 0 aliphatic rings. The van der Waals surface area contributed by atoms with Crippen LogP contribution in [0.5, 0.6) is 5.75 Å². The maximum Gasteiger partial charge on any atom is 0.129 e. The Labute approximate surface area is 102 Å². The molecule has 1 aromatic carbocycles. The van der Waals surface area contributed by atoms with Crippen LogP contribution in [0.15, 0.2) is 18.2 Å². The standard InChI is InChI=1S/C13H20FNO2/c1-3-15-11(9-16)6-7-17-12-5-4-10(2)13(14)8-12/h4-5,8,11,15-16H,3,6-7,9H2,1-2H3. The Morgan fingerprint density at radius 3 is 2.82 bits per heavy atom. The van der Waals surface area contributed by atoms with Gasteiger partial charge in [0.15, 0.2) is 0 Å². The van der Waals surface area contributed by atoms with E-state index >= 15 is 0 Å². The van der Waals surface area contributed by atoms with Crippen molar-refractivity contribution in [3.05, 3.63) is 29.6 Å². The first-order chi connectivity index (χ1) is 8.17. The van der Waals surface area contributed by atoms with Crippen LogP contribution >= 0.6 is 0 Å². The highest BCUT2D eigenvalue weighted by Crippen LogP contribution is 2.16. The first-order valence-electron chi connectivity index (χ1n) is 5.90. The molecule has 0 aromatic heterocycles. The molecule has 0 radical (unpaired) electrons. The van der Waals surface area contributed by atoms with Gasteiger partial charge >= 0.3 is 0 Å². The van der Waals surface area contributed by atoms with Gasteiger partial charge in [-0.25, -0.2) is 4.39 Å². The fraction of sp³-hybridized carbons (Fsp3) is 0.538. The minimum Gasteiger partial charge on any atom is -0.493 e. The van der Waals surface area contributed by atoms with Crippen LogP contribution in [-0.4, -0.2) is 30.9 Å². The molecule has 0 amide bonds. The molecule has 0 fully saturated rings. The minimum atomic E-state index is -0.257. The van der Waals surface area contributed by atoms with Crippen LogP contribution in [0, 0.1) is 12.7 Å². The summed E-state index contributed by atoms with van der Waals surface area (Å²) in [4.78, 5) is 0. The Hall–Kier alpha value is -1.13. The van der Waals surface area contributed by atoms with Gasteiger partial charge in [-0.05, 0) is 31.5 Å². The molecule has 96 valence electrons. The number of ether oxygens (including phenoxy) is 1. The van der Waals surface area contributed by atoms with Crippen LogP contribution < -0.4 is 10.1 Å². The number of halogens is 1. The Morgan fingerprint density at radius 2 is 2.24 bits per heavy atom. The van der Waals surface area contributed by atoms with Crippen molar-refractivity contribution >= 4 is 0 Å². The van der Waals surface area contributed by atoms with Gasteiger partial charge in [0.1, 0.15) is 11.6 Å². The number of hydrogen-bond donors (Lipinski definition) is 2. The largest absolute Gasteiger partial charge is 0.493 e. The van der Waals surface area contributed by atoms with Crippen LogP contribution in [0.25, 0.3) is 0 Å². The molecule has 0 aliphatic carbocycles. The number of aliphatic hydroxyl groups is 1. The number of rotatable bonds is 7. The minimum absolute atomic E-state index is 0.0373. The van der Waals surface area contributed by atoms with E-state index in [1.54, 1.807) is 19.1 Å². The van der Waals surface area contributed by atoms with Crippen LogP contribution in [0.1, 0.15) is 18.9 Å². The molecule has 1 unspecified atom stereocenters. The number of hydrogen-bond acceptors (Lipinski definition) is 3. The number of likely N-dealkylation sites (N-methyl/N-ethyl adjacent to an activating group) is 1. The molecule has 1 rings (SSSR count). The molecule has 0 heterocycles. The molecule has 0 spiro atoms. The summed E-state index contributed by atoms with van der Waals surface area (Å²) >= 11 is 0. The van der Waals surface area contributed by atoms with Gasteiger partial charge in [0.05, 0.1) is 13.2 Å². The van der Waals surface area contributed by atoms with E-state index in [-0.39, 0.29) is 18.5 Å². The monoisotopic (exact) mass is 241 g/mol. The van der Waals surface area contributed by atoms with Crippen molar-refractivity contribution in [1.82, 2.24) is 5.32 Å². The predicted octanol–water partition coefficient (Wildman–Crippen LogP) is 1.87. The summed E-state index contributed by atoms with van der Waals surface area (Å²) in [6, 6.07) is 4.87. The summed E-state index contributed by atoms with van der Waals surface area (Å²) in [7, 11) is 0. The van der Waals surface area contributed by atoms with Gasteiger partial charge in [0.25, 0.3) is 0 Å². The highest BCUT2D eigenvalue weighted by molar-refractivity contribution is 5.27. The first-order valence-corrected chi connectivity index (χ1v) is 5.90. The average molecular weight is 241 g/mol. The van der Waals surface area contributed by atoms with Gasteiger partial charge in [-0.15, -0.1) is 0 Å². The first kappa shape index (κ1) is 13.9. The highest BCUT2D eigenvalue weighted by Gasteiger charge is 2.06. The zero-order chi connectivity index (χ0) is 12.7. The zero-order valence-corrected chi connectivity index (χ0v) is 10.4. The summed E-state index contributed by atoms with van der Waals surface area (Å²) in [5.74, 6) is 0.272. The topological polar surface area (TPSA) is 41.5 Å². The number of aryl methyl sites for hydroxylation is 1. The number of nitrogens with one attached hydrogen (secondary N) is 1. The van der Waals surface area contributed by atoms with Crippen LogP contribution in [0.3, 0.4) is 0 Å². The van der Waals surface area contributed by atoms with E-state index in [1.165, 1.54) is 6.07 Å². The summed E-state index contributed by atoms with van der Waals surface area (Å²) in [6.45, 7) is 5.05. The van der Waals surface area contributed by atoms with Crippen molar-refractivity contribution in [3.63, 3.8) is 0 Å². The van der Waals surface area contributed by atoms with E-state index in [4.69, 9.17) is 9.84 Å². The predicted molar refractivity (Wildman–Crippen MR) is 65.8 cm³/mol. The number of benzene rings is 1. The normalized spacial score (nSPS) is 12.5. The summed E-state index contributed by atoms with van der Waals surface area (Å²) in [5.41, 5.74) is 0.609. The molecular formula is C13H20FNO2.